The van der Waals surface area contributed by atoms with E-state index in [4.69, 9.17) is 5.11 Å². The molecule has 0 saturated carbocycles. The quantitative estimate of drug-likeness (QED) is 0.790. The van der Waals surface area contributed by atoms with E-state index in [-0.39, 0.29) is 31.2 Å². The third-order valence-electron chi connectivity index (χ3n) is 3.96. The van der Waals surface area contributed by atoms with Crippen LogP contribution in [0.1, 0.15) is 12.8 Å². The first-order valence-electron chi connectivity index (χ1n) is 7.87. The molecule has 0 aliphatic carbocycles. The first kappa shape index (κ1) is 17.7. The van der Waals surface area contributed by atoms with Crippen molar-refractivity contribution in [2.45, 2.75) is 12.8 Å². The molecule has 0 bridgehead atoms. The van der Waals surface area contributed by atoms with E-state index < -0.39 is 5.97 Å². The summed E-state index contributed by atoms with van der Waals surface area (Å²) in [5, 5.41) is 8.65. The molecule has 2 amide bonds. The number of hydrogen-bond donors (Lipinski definition) is 1. The van der Waals surface area contributed by atoms with E-state index in [1.807, 2.05) is 18.2 Å². The lowest BCUT2D eigenvalue weighted by molar-refractivity contribution is -0.144. The topological polar surface area (TPSA) is 94.0 Å². The van der Waals surface area contributed by atoms with E-state index in [1.54, 1.807) is 11.1 Å². The second kappa shape index (κ2) is 8.28. The van der Waals surface area contributed by atoms with E-state index in [1.165, 1.54) is 7.05 Å². The second-order valence-electron chi connectivity index (χ2n) is 5.70. The van der Waals surface area contributed by atoms with Crippen molar-refractivity contribution in [2.75, 3.05) is 44.7 Å². The zero-order chi connectivity index (χ0) is 17.5. The molecule has 0 aromatic carbocycles. The maximum atomic E-state index is 12.2. The summed E-state index contributed by atoms with van der Waals surface area (Å²) in [5.74, 6) is -0.580. The Morgan fingerprint density at radius 2 is 1.88 bits per heavy atom. The van der Waals surface area contributed by atoms with Crippen molar-refractivity contribution in [1.29, 1.82) is 0 Å². The maximum absolute atomic E-state index is 12.2. The fourth-order valence-corrected chi connectivity index (χ4v) is 2.58. The number of pyridine rings is 1. The Hall–Kier alpha value is -2.64. The molecule has 8 nitrogen and oxygen atoms in total. The van der Waals surface area contributed by atoms with Crippen LogP contribution in [0.4, 0.5) is 5.82 Å². The monoisotopic (exact) mass is 334 g/mol. The summed E-state index contributed by atoms with van der Waals surface area (Å²) in [6.07, 6.45) is 1.88. The van der Waals surface area contributed by atoms with E-state index in [0.717, 1.165) is 10.7 Å². The van der Waals surface area contributed by atoms with E-state index >= 15 is 0 Å². The number of carbonyl (C=O) groups is 3. The van der Waals surface area contributed by atoms with Gasteiger partial charge in [0.25, 0.3) is 0 Å². The molecule has 1 fully saturated rings. The number of likely N-dealkylation sites (N-methyl/N-ethyl adjacent to an activating group) is 1. The number of carboxylic acid groups (broad SMARTS) is 1. The molecule has 0 atom stereocenters. The number of carbonyl (C=O) groups excluding carboxylic acids is 2. The highest BCUT2D eigenvalue weighted by molar-refractivity contribution is 5.85. The molecule has 1 aliphatic rings. The van der Waals surface area contributed by atoms with Gasteiger partial charge in [0.1, 0.15) is 12.4 Å². The molecular weight excluding hydrogens is 312 g/mol. The van der Waals surface area contributed by atoms with Gasteiger partial charge in [0.05, 0.1) is 0 Å². The van der Waals surface area contributed by atoms with Gasteiger partial charge in [0.2, 0.25) is 11.8 Å². The number of carboxylic acids is 1. The lowest BCUT2D eigenvalue weighted by Gasteiger charge is -2.35. The molecule has 1 saturated heterocycles. The van der Waals surface area contributed by atoms with Gasteiger partial charge in [0, 0.05) is 52.3 Å². The van der Waals surface area contributed by atoms with Gasteiger partial charge in [-0.05, 0) is 12.1 Å². The lowest BCUT2D eigenvalue weighted by Crippen LogP contribution is -2.49. The summed E-state index contributed by atoms with van der Waals surface area (Å²) in [7, 11) is 1.42. The molecule has 1 N–H and O–H groups in total. The van der Waals surface area contributed by atoms with Crippen LogP contribution in [0.2, 0.25) is 0 Å². The maximum Gasteiger partial charge on any atom is 0.323 e. The van der Waals surface area contributed by atoms with Gasteiger partial charge >= 0.3 is 5.97 Å². The van der Waals surface area contributed by atoms with Gasteiger partial charge in [-0.15, -0.1) is 0 Å². The standard InChI is InChI=1S/C16H22N4O4/c1-18(12-16(23)24)14(21)5-6-15(22)20-10-8-19(9-11-20)13-4-2-3-7-17-13/h2-4,7H,5-6,8-12H2,1H3,(H,23,24). The molecule has 2 rings (SSSR count). The fourth-order valence-electron chi connectivity index (χ4n) is 2.58. The van der Waals surface area contributed by atoms with Gasteiger partial charge in [-0.3, -0.25) is 14.4 Å². The zero-order valence-corrected chi connectivity index (χ0v) is 13.7. The SMILES string of the molecule is CN(CC(=O)O)C(=O)CCC(=O)N1CCN(c2ccccn2)CC1. The zero-order valence-electron chi connectivity index (χ0n) is 13.7. The summed E-state index contributed by atoms with van der Waals surface area (Å²) in [5.41, 5.74) is 0. The molecule has 130 valence electrons. The minimum Gasteiger partial charge on any atom is -0.480 e. The van der Waals surface area contributed by atoms with Crippen molar-refractivity contribution < 1.29 is 19.5 Å². The largest absolute Gasteiger partial charge is 0.480 e. The Morgan fingerprint density at radius 1 is 1.17 bits per heavy atom. The highest BCUT2D eigenvalue weighted by atomic mass is 16.4. The molecule has 24 heavy (non-hydrogen) atoms. The van der Waals surface area contributed by atoms with Gasteiger partial charge in [-0.2, -0.15) is 0 Å². The molecule has 0 spiro atoms. The summed E-state index contributed by atoms with van der Waals surface area (Å²) >= 11 is 0. The number of anilines is 1. The number of rotatable bonds is 6. The predicted molar refractivity (Wildman–Crippen MR) is 87.5 cm³/mol. The van der Waals surface area contributed by atoms with Crippen LogP contribution in [0.3, 0.4) is 0 Å². The summed E-state index contributed by atoms with van der Waals surface area (Å²) in [4.78, 5) is 43.8. The van der Waals surface area contributed by atoms with E-state index in [9.17, 15) is 14.4 Å². The van der Waals surface area contributed by atoms with Crippen LogP contribution in [0.5, 0.6) is 0 Å². The van der Waals surface area contributed by atoms with Gasteiger partial charge < -0.3 is 19.8 Å². The normalized spacial score (nSPS) is 14.4. The molecule has 0 radical (unpaired) electrons. The molecule has 1 aliphatic heterocycles. The number of nitrogens with zero attached hydrogens (tertiary/aromatic N) is 4. The summed E-state index contributed by atoms with van der Waals surface area (Å²) < 4.78 is 0. The smallest absolute Gasteiger partial charge is 0.323 e. The van der Waals surface area contributed by atoms with Crippen LogP contribution in [-0.4, -0.2) is 77.4 Å². The third kappa shape index (κ3) is 4.94. The van der Waals surface area contributed by atoms with Crippen molar-refractivity contribution in [3.8, 4) is 0 Å². The number of piperazine rings is 1. The number of amides is 2. The van der Waals surface area contributed by atoms with Crippen LogP contribution >= 0.6 is 0 Å². The Bertz CT molecular complexity index is 585. The number of hydrogen-bond acceptors (Lipinski definition) is 5. The predicted octanol–water partition coefficient (Wildman–Crippen LogP) is 0.0534. The first-order valence-corrected chi connectivity index (χ1v) is 7.87. The van der Waals surface area contributed by atoms with Crippen LogP contribution in [0.25, 0.3) is 0 Å². The van der Waals surface area contributed by atoms with E-state index in [2.05, 4.69) is 9.88 Å². The average molecular weight is 334 g/mol. The number of aromatic nitrogens is 1. The molecule has 8 heteroatoms. The minimum atomic E-state index is -1.07. The summed E-state index contributed by atoms with van der Waals surface area (Å²) in [6, 6.07) is 5.73. The van der Waals surface area contributed by atoms with Crippen LogP contribution in [0, 0.1) is 0 Å². The third-order valence-corrected chi connectivity index (χ3v) is 3.96. The van der Waals surface area contributed by atoms with Crippen molar-refractivity contribution in [3.05, 3.63) is 24.4 Å². The van der Waals surface area contributed by atoms with Crippen molar-refractivity contribution in [2.24, 2.45) is 0 Å². The van der Waals surface area contributed by atoms with Crippen molar-refractivity contribution in [3.63, 3.8) is 0 Å². The molecule has 1 aromatic heterocycles. The number of aliphatic carboxylic acids is 1. The first-order chi connectivity index (χ1) is 11.5. The Balaban J connectivity index is 1.75. The highest BCUT2D eigenvalue weighted by Gasteiger charge is 2.22. The Morgan fingerprint density at radius 3 is 2.46 bits per heavy atom. The lowest BCUT2D eigenvalue weighted by atomic mass is 10.2. The molecular formula is C16H22N4O4. The van der Waals surface area contributed by atoms with Crippen LogP contribution < -0.4 is 4.90 Å². The Kier molecular flexibility index (Phi) is 6.11. The summed E-state index contributed by atoms with van der Waals surface area (Å²) in [6.45, 7) is 2.24. The van der Waals surface area contributed by atoms with Gasteiger partial charge in [0.15, 0.2) is 0 Å². The molecule has 0 unspecified atom stereocenters. The highest BCUT2D eigenvalue weighted by Crippen LogP contribution is 2.13. The fraction of sp³-hybridized carbons (Fsp3) is 0.500. The van der Waals surface area contributed by atoms with Crippen LogP contribution in [-0.2, 0) is 14.4 Å². The van der Waals surface area contributed by atoms with Crippen molar-refractivity contribution >= 4 is 23.6 Å². The van der Waals surface area contributed by atoms with Gasteiger partial charge in [-0.25, -0.2) is 4.98 Å². The molecule has 2 heterocycles. The van der Waals surface area contributed by atoms with Crippen LogP contribution in [0.15, 0.2) is 24.4 Å². The van der Waals surface area contributed by atoms with Crippen molar-refractivity contribution in [1.82, 2.24) is 14.8 Å². The van der Waals surface area contributed by atoms with E-state index in [0.29, 0.717) is 26.2 Å². The second-order valence-corrected chi connectivity index (χ2v) is 5.70. The average Bonchev–Trinajstić information content (AvgIpc) is 2.59. The van der Waals surface area contributed by atoms with Gasteiger partial charge in [-0.1, -0.05) is 6.07 Å². The minimum absolute atomic E-state index is 0.0308. The molecule has 1 aromatic rings. The Labute approximate surface area is 140 Å².